The molecule has 0 aliphatic heterocycles. The fourth-order valence-corrected chi connectivity index (χ4v) is 1.89. The van der Waals surface area contributed by atoms with Gasteiger partial charge in [-0.15, -0.1) is 0 Å². The summed E-state index contributed by atoms with van der Waals surface area (Å²) in [6, 6.07) is 5.12. The lowest BCUT2D eigenvalue weighted by atomic mass is 10.1. The Kier molecular flexibility index (Phi) is 7.40. The van der Waals surface area contributed by atoms with Crippen LogP contribution >= 0.6 is 0 Å². The fourth-order valence-electron chi connectivity index (χ4n) is 1.89. The van der Waals surface area contributed by atoms with Crippen molar-refractivity contribution < 1.29 is 13.9 Å². The van der Waals surface area contributed by atoms with Gasteiger partial charge in [0.05, 0.1) is 12.3 Å². The second-order valence-electron chi connectivity index (χ2n) is 4.32. The minimum atomic E-state index is -0.239. The number of ether oxygens (including phenoxy) is 2. The number of anilines is 1. The second-order valence-corrected chi connectivity index (χ2v) is 4.32. The smallest absolute Gasteiger partial charge is 0.146 e. The summed E-state index contributed by atoms with van der Waals surface area (Å²) in [5.41, 5.74) is 6.89. The minimum absolute atomic E-state index is 0.239. The highest BCUT2D eigenvalue weighted by atomic mass is 19.1. The molecule has 0 heterocycles. The van der Waals surface area contributed by atoms with E-state index in [0.29, 0.717) is 32.0 Å². The molecule has 0 aromatic heterocycles. The molecule has 1 aromatic rings. The lowest BCUT2D eigenvalue weighted by Crippen LogP contribution is -2.29. The van der Waals surface area contributed by atoms with Crippen molar-refractivity contribution in [3.63, 3.8) is 0 Å². The van der Waals surface area contributed by atoms with Crippen LogP contribution in [-0.2, 0) is 16.0 Å². The Morgan fingerprint density at radius 3 is 2.47 bits per heavy atom. The zero-order valence-corrected chi connectivity index (χ0v) is 11.7. The average Bonchev–Trinajstić information content (AvgIpc) is 2.43. The molecule has 2 N–H and O–H groups in total. The van der Waals surface area contributed by atoms with E-state index in [9.17, 15) is 4.39 Å². The molecule has 19 heavy (non-hydrogen) atoms. The van der Waals surface area contributed by atoms with Crippen molar-refractivity contribution in [3.8, 4) is 0 Å². The number of nitrogens with zero attached hydrogens (tertiary/aromatic N) is 1. The third kappa shape index (κ3) is 5.14. The first-order chi connectivity index (χ1) is 9.22. The van der Waals surface area contributed by atoms with Crippen molar-refractivity contribution in [1.29, 1.82) is 0 Å². The van der Waals surface area contributed by atoms with Crippen molar-refractivity contribution in [2.75, 3.05) is 45.4 Å². The molecule has 4 nitrogen and oxygen atoms in total. The van der Waals surface area contributed by atoms with Crippen LogP contribution in [0.2, 0.25) is 0 Å². The third-order valence-corrected chi connectivity index (χ3v) is 2.93. The van der Waals surface area contributed by atoms with E-state index in [0.717, 1.165) is 18.5 Å². The summed E-state index contributed by atoms with van der Waals surface area (Å²) in [5.74, 6) is -0.239. The number of methoxy groups -OCH3 is 2. The van der Waals surface area contributed by atoms with Gasteiger partial charge in [0.1, 0.15) is 5.82 Å². The van der Waals surface area contributed by atoms with Crippen LogP contribution in [0, 0.1) is 5.82 Å². The molecule has 5 heteroatoms. The number of hydrogen-bond acceptors (Lipinski definition) is 4. The van der Waals surface area contributed by atoms with Gasteiger partial charge in [0.25, 0.3) is 0 Å². The van der Waals surface area contributed by atoms with Gasteiger partial charge < -0.3 is 20.1 Å². The summed E-state index contributed by atoms with van der Waals surface area (Å²) >= 11 is 0. The molecule has 0 bridgehead atoms. The number of hydrogen-bond donors (Lipinski definition) is 1. The molecule has 0 atom stereocenters. The highest BCUT2D eigenvalue weighted by molar-refractivity contribution is 5.49. The molecule has 0 saturated carbocycles. The van der Waals surface area contributed by atoms with Gasteiger partial charge in [0.15, 0.2) is 0 Å². The van der Waals surface area contributed by atoms with Crippen LogP contribution in [-0.4, -0.2) is 40.5 Å². The van der Waals surface area contributed by atoms with E-state index in [1.807, 2.05) is 11.0 Å². The molecular formula is C14H23FN2O2. The highest BCUT2D eigenvalue weighted by Crippen LogP contribution is 2.20. The van der Waals surface area contributed by atoms with Crippen LogP contribution in [0.4, 0.5) is 10.1 Å². The molecule has 0 aliphatic rings. The van der Waals surface area contributed by atoms with Crippen molar-refractivity contribution in [1.82, 2.24) is 0 Å². The van der Waals surface area contributed by atoms with E-state index >= 15 is 0 Å². The van der Waals surface area contributed by atoms with Crippen LogP contribution in [0.1, 0.15) is 12.0 Å². The molecule has 0 radical (unpaired) electrons. The van der Waals surface area contributed by atoms with Crippen molar-refractivity contribution in [3.05, 3.63) is 29.6 Å². The summed E-state index contributed by atoms with van der Waals surface area (Å²) in [6.07, 6.45) is 0.846. The monoisotopic (exact) mass is 270 g/mol. The Morgan fingerprint density at radius 2 is 1.89 bits per heavy atom. The van der Waals surface area contributed by atoms with E-state index in [1.165, 1.54) is 6.07 Å². The first-order valence-corrected chi connectivity index (χ1v) is 6.44. The molecule has 0 saturated heterocycles. The van der Waals surface area contributed by atoms with Crippen LogP contribution in [0.3, 0.4) is 0 Å². The van der Waals surface area contributed by atoms with Crippen molar-refractivity contribution in [2.24, 2.45) is 5.73 Å². The second kappa shape index (κ2) is 8.85. The summed E-state index contributed by atoms with van der Waals surface area (Å²) < 4.78 is 24.2. The first-order valence-electron chi connectivity index (χ1n) is 6.44. The number of rotatable bonds is 9. The maximum atomic E-state index is 14.1. The van der Waals surface area contributed by atoms with Crippen molar-refractivity contribution in [2.45, 2.75) is 13.0 Å². The van der Waals surface area contributed by atoms with Gasteiger partial charge in [0.2, 0.25) is 0 Å². The highest BCUT2D eigenvalue weighted by Gasteiger charge is 2.11. The van der Waals surface area contributed by atoms with Gasteiger partial charge in [-0.25, -0.2) is 4.39 Å². The Balaban J connectivity index is 2.77. The zero-order chi connectivity index (χ0) is 14.1. The molecule has 0 aliphatic carbocycles. The van der Waals surface area contributed by atoms with Crippen LogP contribution in [0.15, 0.2) is 18.2 Å². The van der Waals surface area contributed by atoms with Crippen LogP contribution in [0.5, 0.6) is 0 Å². The van der Waals surface area contributed by atoms with E-state index in [4.69, 9.17) is 15.2 Å². The Morgan fingerprint density at radius 1 is 1.16 bits per heavy atom. The Bertz CT molecular complexity index is 374. The molecule has 0 amide bonds. The molecule has 1 rings (SSSR count). The predicted molar refractivity (Wildman–Crippen MR) is 74.9 cm³/mol. The standard InChI is InChI=1S/C14H23FN2O2/c1-18-8-3-6-17(7-9-19-2)14-5-4-12(11-16)10-13(14)15/h4-5,10H,3,6-9,11,16H2,1-2H3. The van der Waals surface area contributed by atoms with E-state index in [-0.39, 0.29) is 5.82 Å². The van der Waals surface area contributed by atoms with Gasteiger partial charge in [-0.3, -0.25) is 0 Å². The SMILES string of the molecule is COCCCN(CCOC)c1ccc(CN)cc1F. The van der Waals surface area contributed by atoms with Gasteiger partial charge in [-0.2, -0.15) is 0 Å². The van der Waals surface area contributed by atoms with Gasteiger partial charge in [-0.05, 0) is 24.1 Å². The molecule has 0 unspecified atom stereocenters. The largest absolute Gasteiger partial charge is 0.385 e. The van der Waals surface area contributed by atoms with Crippen LogP contribution in [0.25, 0.3) is 0 Å². The molecule has 0 spiro atoms. The Labute approximate surface area is 114 Å². The minimum Gasteiger partial charge on any atom is -0.385 e. The molecular weight excluding hydrogens is 247 g/mol. The van der Waals surface area contributed by atoms with E-state index in [1.54, 1.807) is 20.3 Å². The first kappa shape index (κ1) is 15.9. The maximum Gasteiger partial charge on any atom is 0.146 e. The van der Waals surface area contributed by atoms with Crippen molar-refractivity contribution >= 4 is 5.69 Å². The van der Waals surface area contributed by atoms with Crippen LogP contribution < -0.4 is 10.6 Å². The number of benzene rings is 1. The fraction of sp³-hybridized carbons (Fsp3) is 0.571. The van der Waals surface area contributed by atoms with Gasteiger partial charge in [-0.1, -0.05) is 6.07 Å². The summed E-state index contributed by atoms with van der Waals surface area (Å²) in [6.45, 7) is 2.95. The predicted octanol–water partition coefficient (Wildman–Crippen LogP) is 1.77. The lowest BCUT2D eigenvalue weighted by molar-refractivity contribution is 0.191. The maximum absolute atomic E-state index is 14.1. The molecule has 108 valence electrons. The quantitative estimate of drug-likeness (QED) is 0.695. The zero-order valence-electron chi connectivity index (χ0n) is 11.7. The molecule has 0 fully saturated rings. The normalized spacial score (nSPS) is 10.7. The average molecular weight is 270 g/mol. The summed E-state index contributed by atoms with van der Waals surface area (Å²) in [5, 5.41) is 0. The summed E-state index contributed by atoms with van der Waals surface area (Å²) in [4.78, 5) is 1.97. The molecule has 1 aromatic carbocycles. The summed E-state index contributed by atoms with van der Waals surface area (Å²) in [7, 11) is 3.30. The Hall–Kier alpha value is -1.17. The number of halogens is 1. The van der Waals surface area contributed by atoms with Gasteiger partial charge in [0, 0.05) is 40.5 Å². The topological polar surface area (TPSA) is 47.7 Å². The third-order valence-electron chi connectivity index (χ3n) is 2.93. The lowest BCUT2D eigenvalue weighted by Gasteiger charge is -2.25. The van der Waals surface area contributed by atoms with E-state index in [2.05, 4.69) is 0 Å². The van der Waals surface area contributed by atoms with E-state index < -0.39 is 0 Å². The van der Waals surface area contributed by atoms with Gasteiger partial charge >= 0.3 is 0 Å². The number of nitrogens with two attached hydrogens (primary N) is 1.